The van der Waals surface area contributed by atoms with Crippen molar-refractivity contribution < 1.29 is 4.57 Å². The Morgan fingerprint density at radius 2 is 2.33 bits per heavy atom. The number of thiazole rings is 1. The summed E-state index contributed by atoms with van der Waals surface area (Å²) in [5, 5.41) is 0. The molecule has 0 saturated heterocycles. The zero-order chi connectivity index (χ0) is 7.97. The predicted octanol–water partition coefficient (Wildman–Crippen LogP) is 2.13. The molecule has 1 aromatic heterocycles. The average molecular weight is 176 g/mol. The quantitative estimate of drug-likeness (QED) is 0.541. The van der Waals surface area contributed by atoms with Gasteiger partial charge in [-0.05, 0) is 12.5 Å². The van der Waals surface area contributed by atoms with Crippen LogP contribution in [0, 0.1) is 0 Å². The van der Waals surface area contributed by atoms with Crippen molar-refractivity contribution in [2.75, 3.05) is 0 Å². The van der Waals surface area contributed by atoms with E-state index in [-0.39, 0.29) is 0 Å². The summed E-state index contributed by atoms with van der Waals surface area (Å²) in [6.07, 6.45) is 2.56. The molecule has 1 nitrogen and oxygen atoms in total. The average Bonchev–Trinajstić information content (AvgIpc) is 2.52. The molecule has 0 spiro atoms. The van der Waals surface area contributed by atoms with Gasteiger partial charge in [-0.3, -0.25) is 0 Å². The molecule has 2 heteroatoms. The van der Waals surface area contributed by atoms with Gasteiger partial charge in [0.15, 0.2) is 0 Å². The molecular formula is C10H10NS+. The lowest BCUT2D eigenvalue weighted by Gasteiger charge is -2.05. The Balaban J connectivity index is 2.50. The summed E-state index contributed by atoms with van der Waals surface area (Å²) < 4.78 is 3.82. The zero-order valence-corrected chi connectivity index (χ0v) is 7.60. The van der Waals surface area contributed by atoms with Gasteiger partial charge in [-0.25, -0.2) is 0 Å². The number of hydrogen-bond donors (Lipinski definition) is 0. The number of para-hydroxylation sites is 1. The second-order valence-electron chi connectivity index (χ2n) is 3.28. The molecular weight excluding hydrogens is 166 g/mol. The number of aryl methyl sites for hydroxylation is 2. The largest absolute Gasteiger partial charge is 0.226 e. The van der Waals surface area contributed by atoms with Crippen LogP contribution in [0.4, 0.5) is 0 Å². The van der Waals surface area contributed by atoms with Crippen LogP contribution in [0.2, 0.25) is 0 Å². The maximum absolute atomic E-state index is 2.39. The zero-order valence-electron chi connectivity index (χ0n) is 6.79. The van der Waals surface area contributed by atoms with E-state index in [9.17, 15) is 0 Å². The smallest absolute Gasteiger partial charge is 0.188 e. The summed E-state index contributed by atoms with van der Waals surface area (Å²) >= 11 is 1.86. The Morgan fingerprint density at radius 3 is 3.33 bits per heavy atom. The number of aromatic nitrogens is 1. The monoisotopic (exact) mass is 176 g/mol. The minimum absolute atomic E-state index is 1.21. The molecule has 0 N–H and O–H groups in total. The Bertz CT molecular complexity index is 430. The molecule has 2 aromatic rings. The minimum atomic E-state index is 1.21. The molecule has 0 saturated carbocycles. The van der Waals surface area contributed by atoms with Crippen LogP contribution in [0.3, 0.4) is 0 Å². The maximum Gasteiger partial charge on any atom is 0.226 e. The Hall–Kier alpha value is -0.890. The van der Waals surface area contributed by atoms with Crippen molar-refractivity contribution in [2.24, 2.45) is 0 Å². The van der Waals surface area contributed by atoms with E-state index in [0.29, 0.717) is 0 Å². The summed E-state index contributed by atoms with van der Waals surface area (Å²) in [5.41, 5.74) is 5.25. The molecule has 1 aliphatic rings. The number of benzene rings is 1. The first-order chi connectivity index (χ1) is 5.95. The fraction of sp³-hybridized carbons (Fsp3) is 0.300. The van der Waals surface area contributed by atoms with Crippen molar-refractivity contribution >= 4 is 21.6 Å². The fourth-order valence-electron chi connectivity index (χ4n) is 1.97. The summed E-state index contributed by atoms with van der Waals surface area (Å²) in [5.74, 6) is 0. The van der Waals surface area contributed by atoms with Gasteiger partial charge < -0.3 is 0 Å². The second kappa shape index (κ2) is 2.30. The normalized spacial score (nSPS) is 15.3. The van der Waals surface area contributed by atoms with E-state index >= 15 is 0 Å². The molecule has 1 aliphatic heterocycles. The number of nitrogens with zero attached hydrogens (tertiary/aromatic N) is 1. The van der Waals surface area contributed by atoms with Gasteiger partial charge in [0.05, 0.1) is 0 Å². The highest BCUT2D eigenvalue weighted by molar-refractivity contribution is 7.16. The van der Waals surface area contributed by atoms with Crippen LogP contribution in [-0.4, -0.2) is 0 Å². The molecule has 0 atom stereocenters. The highest BCUT2D eigenvalue weighted by atomic mass is 32.1. The van der Waals surface area contributed by atoms with E-state index in [1.165, 1.54) is 35.2 Å². The molecule has 60 valence electrons. The van der Waals surface area contributed by atoms with Gasteiger partial charge in [0.2, 0.25) is 11.0 Å². The Kier molecular flexibility index (Phi) is 1.27. The molecule has 0 aliphatic carbocycles. The van der Waals surface area contributed by atoms with Crippen LogP contribution in [-0.2, 0) is 13.0 Å². The standard InChI is InChI=1S/C10H10NS/c1-3-8-4-2-6-11-7-12-9(5-1)10(8)11/h1,3,5,7H,2,4,6H2/q+1. The maximum atomic E-state index is 2.39. The summed E-state index contributed by atoms with van der Waals surface area (Å²) in [7, 11) is 0. The van der Waals surface area contributed by atoms with Crippen molar-refractivity contribution in [1.29, 1.82) is 0 Å². The van der Waals surface area contributed by atoms with Gasteiger partial charge in [-0.2, -0.15) is 4.57 Å². The van der Waals surface area contributed by atoms with Crippen LogP contribution in [0.15, 0.2) is 23.7 Å². The molecule has 2 heterocycles. The van der Waals surface area contributed by atoms with Crippen LogP contribution < -0.4 is 4.57 Å². The summed E-state index contributed by atoms with van der Waals surface area (Å²) in [6.45, 7) is 1.21. The lowest BCUT2D eigenvalue weighted by molar-refractivity contribution is -0.670. The lowest BCUT2D eigenvalue weighted by Crippen LogP contribution is -2.35. The molecule has 0 amide bonds. The first kappa shape index (κ1) is 6.61. The van der Waals surface area contributed by atoms with Gasteiger partial charge in [0.25, 0.3) is 0 Å². The first-order valence-corrected chi connectivity index (χ1v) is 5.22. The SMILES string of the molecule is c1cc2c3c(c1)sc[n+]3CCC2. The lowest BCUT2D eigenvalue weighted by atomic mass is 10.1. The first-order valence-electron chi connectivity index (χ1n) is 4.34. The highest BCUT2D eigenvalue weighted by Crippen LogP contribution is 2.23. The topological polar surface area (TPSA) is 3.88 Å². The van der Waals surface area contributed by atoms with E-state index < -0.39 is 0 Å². The van der Waals surface area contributed by atoms with Crippen LogP contribution >= 0.6 is 11.3 Å². The Labute approximate surface area is 75.3 Å². The van der Waals surface area contributed by atoms with Crippen molar-refractivity contribution in [3.63, 3.8) is 0 Å². The van der Waals surface area contributed by atoms with Gasteiger partial charge >= 0.3 is 0 Å². The van der Waals surface area contributed by atoms with E-state index in [1.54, 1.807) is 0 Å². The van der Waals surface area contributed by atoms with Crippen molar-refractivity contribution in [3.8, 4) is 0 Å². The molecule has 0 radical (unpaired) electrons. The fourth-order valence-corrected chi connectivity index (χ4v) is 2.94. The van der Waals surface area contributed by atoms with Crippen LogP contribution in [0.5, 0.6) is 0 Å². The van der Waals surface area contributed by atoms with E-state index in [4.69, 9.17) is 0 Å². The molecule has 1 aromatic carbocycles. The molecule has 12 heavy (non-hydrogen) atoms. The van der Waals surface area contributed by atoms with Crippen LogP contribution in [0.1, 0.15) is 12.0 Å². The molecule has 0 bridgehead atoms. The molecule has 3 rings (SSSR count). The number of hydrogen-bond acceptors (Lipinski definition) is 1. The van der Waals surface area contributed by atoms with Gasteiger partial charge in [-0.1, -0.05) is 23.5 Å². The van der Waals surface area contributed by atoms with Gasteiger partial charge in [0.1, 0.15) is 11.2 Å². The third-order valence-corrected chi connectivity index (χ3v) is 3.47. The molecule has 0 unspecified atom stereocenters. The van der Waals surface area contributed by atoms with Gasteiger partial charge in [0, 0.05) is 12.0 Å². The van der Waals surface area contributed by atoms with E-state index in [0.717, 1.165) is 0 Å². The third kappa shape index (κ3) is 0.758. The third-order valence-electron chi connectivity index (χ3n) is 2.52. The predicted molar refractivity (Wildman–Crippen MR) is 50.3 cm³/mol. The highest BCUT2D eigenvalue weighted by Gasteiger charge is 2.19. The molecule has 0 fully saturated rings. The van der Waals surface area contributed by atoms with E-state index in [1.807, 2.05) is 11.3 Å². The number of rotatable bonds is 0. The van der Waals surface area contributed by atoms with Crippen LogP contribution in [0.25, 0.3) is 10.2 Å². The minimum Gasteiger partial charge on any atom is -0.188 e. The summed E-state index contributed by atoms with van der Waals surface area (Å²) in [4.78, 5) is 0. The van der Waals surface area contributed by atoms with Crippen molar-refractivity contribution in [2.45, 2.75) is 19.4 Å². The Morgan fingerprint density at radius 1 is 1.33 bits per heavy atom. The van der Waals surface area contributed by atoms with E-state index in [2.05, 4.69) is 28.3 Å². The summed E-state index contributed by atoms with van der Waals surface area (Å²) in [6, 6.07) is 6.64. The second-order valence-corrected chi connectivity index (χ2v) is 4.17. The van der Waals surface area contributed by atoms with Crippen molar-refractivity contribution in [3.05, 3.63) is 29.3 Å². The van der Waals surface area contributed by atoms with Gasteiger partial charge in [-0.15, -0.1) is 0 Å². The van der Waals surface area contributed by atoms with Crippen molar-refractivity contribution in [1.82, 2.24) is 0 Å².